The Morgan fingerprint density at radius 2 is 2.00 bits per heavy atom. The van der Waals surface area contributed by atoms with Gasteiger partial charge in [-0.25, -0.2) is 0 Å². The SMILES string of the molecule is COC(=O)CCC1COCCN1CC(=O)OC. The molecule has 0 spiro atoms. The van der Waals surface area contributed by atoms with Crippen LogP contribution in [0.4, 0.5) is 0 Å². The summed E-state index contributed by atoms with van der Waals surface area (Å²) in [5.41, 5.74) is 0. The van der Waals surface area contributed by atoms with Gasteiger partial charge in [-0.3, -0.25) is 14.5 Å². The van der Waals surface area contributed by atoms with E-state index in [1.165, 1.54) is 14.2 Å². The number of carbonyl (C=O) groups is 2. The van der Waals surface area contributed by atoms with E-state index in [4.69, 9.17) is 4.74 Å². The third kappa shape index (κ3) is 4.70. The summed E-state index contributed by atoms with van der Waals surface area (Å²) in [6.07, 6.45) is 0.964. The summed E-state index contributed by atoms with van der Waals surface area (Å²) in [4.78, 5) is 24.3. The van der Waals surface area contributed by atoms with Crippen LogP contribution in [0.5, 0.6) is 0 Å². The highest BCUT2D eigenvalue weighted by Crippen LogP contribution is 2.12. The number of nitrogens with zero attached hydrogens (tertiary/aromatic N) is 1. The number of morpholine rings is 1. The van der Waals surface area contributed by atoms with Crippen LogP contribution >= 0.6 is 0 Å². The Kier molecular flexibility index (Phi) is 5.93. The molecular formula is C11H19NO5. The van der Waals surface area contributed by atoms with Gasteiger partial charge in [-0.05, 0) is 6.42 Å². The Morgan fingerprint density at radius 3 is 2.65 bits per heavy atom. The molecule has 1 fully saturated rings. The van der Waals surface area contributed by atoms with Gasteiger partial charge in [-0.15, -0.1) is 0 Å². The van der Waals surface area contributed by atoms with E-state index >= 15 is 0 Å². The summed E-state index contributed by atoms with van der Waals surface area (Å²) in [6, 6.07) is 0.0712. The molecule has 0 amide bonds. The van der Waals surface area contributed by atoms with Crippen molar-refractivity contribution in [2.75, 3.05) is 40.5 Å². The lowest BCUT2D eigenvalue weighted by molar-refractivity contribution is -0.144. The van der Waals surface area contributed by atoms with Crippen molar-refractivity contribution in [2.24, 2.45) is 0 Å². The molecule has 1 rings (SSSR count). The summed E-state index contributed by atoms with van der Waals surface area (Å²) < 4.78 is 14.6. The average molecular weight is 245 g/mol. The Labute approximate surface area is 101 Å². The molecule has 0 aliphatic carbocycles. The topological polar surface area (TPSA) is 65.1 Å². The lowest BCUT2D eigenvalue weighted by Gasteiger charge is -2.34. The molecule has 98 valence electrons. The number of rotatable bonds is 5. The van der Waals surface area contributed by atoms with Crippen molar-refractivity contribution in [3.05, 3.63) is 0 Å². The lowest BCUT2D eigenvalue weighted by atomic mass is 10.1. The van der Waals surface area contributed by atoms with Crippen molar-refractivity contribution in [3.8, 4) is 0 Å². The van der Waals surface area contributed by atoms with Crippen molar-refractivity contribution < 1.29 is 23.8 Å². The Balaban J connectivity index is 2.42. The fraction of sp³-hybridized carbons (Fsp3) is 0.818. The predicted molar refractivity (Wildman–Crippen MR) is 59.4 cm³/mol. The van der Waals surface area contributed by atoms with Crippen LogP contribution in [0.2, 0.25) is 0 Å². The number of hydrogen-bond donors (Lipinski definition) is 0. The first-order valence-corrected chi connectivity index (χ1v) is 5.62. The van der Waals surface area contributed by atoms with Crippen LogP contribution in [0.1, 0.15) is 12.8 Å². The minimum Gasteiger partial charge on any atom is -0.469 e. The van der Waals surface area contributed by atoms with E-state index in [0.29, 0.717) is 32.6 Å². The predicted octanol–water partition coefficient (Wildman–Crippen LogP) is -0.187. The number of ether oxygens (including phenoxy) is 3. The molecule has 0 radical (unpaired) electrons. The van der Waals surface area contributed by atoms with E-state index in [9.17, 15) is 9.59 Å². The fourth-order valence-corrected chi connectivity index (χ4v) is 1.78. The molecule has 0 aromatic carbocycles. The first-order chi connectivity index (χ1) is 8.17. The standard InChI is InChI=1S/C11H19NO5/c1-15-10(13)4-3-9-8-17-6-5-12(9)7-11(14)16-2/h9H,3-8H2,1-2H3. The fourth-order valence-electron chi connectivity index (χ4n) is 1.78. The van der Waals surface area contributed by atoms with Gasteiger partial charge in [0.15, 0.2) is 0 Å². The molecule has 1 heterocycles. The van der Waals surface area contributed by atoms with Crippen LogP contribution in [0.25, 0.3) is 0 Å². The highest BCUT2D eigenvalue weighted by atomic mass is 16.5. The van der Waals surface area contributed by atoms with E-state index in [1.807, 2.05) is 4.90 Å². The van der Waals surface area contributed by atoms with Gasteiger partial charge in [0, 0.05) is 19.0 Å². The van der Waals surface area contributed by atoms with Gasteiger partial charge in [0.05, 0.1) is 34.0 Å². The second-order valence-electron chi connectivity index (χ2n) is 3.89. The summed E-state index contributed by atoms with van der Waals surface area (Å²) in [7, 11) is 2.73. The largest absolute Gasteiger partial charge is 0.469 e. The van der Waals surface area contributed by atoms with E-state index in [0.717, 1.165) is 0 Å². The number of carbonyl (C=O) groups excluding carboxylic acids is 2. The van der Waals surface area contributed by atoms with Crippen LogP contribution in [-0.4, -0.2) is 63.4 Å². The normalized spacial score (nSPS) is 20.9. The van der Waals surface area contributed by atoms with Gasteiger partial charge in [-0.1, -0.05) is 0 Å². The molecule has 1 aliphatic rings. The maximum Gasteiger partial charge on any atom is 0.319 e. The van der Waals surface area contributed by atoms with Crippen LogP contribution in [-0.2, 0) is 23.8 Å². The molecule has 17 heavy (non-hydrogen) atoms. The lowest BCUT2D eigenvalue weighted by Crippen LogP contribution is -2.48. The van der Waals surface area contributed by atoms with E-state index in [2.05, 4.69) is 9.47 Å². The molecule has 1 aliphatic heterocycles. The first kappa shape index (κ1) is 13.9. The smallest absolute Gasteiger partial charge is 0.319 e. The average Bonchev–Trinajstić information content (AvgIpc) is 2.37. The van der Waals surface area contributed by atoms with E-state index in [1.54, 1.807) is 0 Å². The van der Waals surface area contributed by atoms with E-state index in [-0.39, 0.29) is 24.5 Å². The van der Waals surface area contributed by atoms with Crippen LogP contribution < -0.4 is 0 Å². The van der Waals surface area contributed by atoms with Gasteiger partial charge >= 0.3 is 11.9 Å². The minimum atomic E-state index is -0.269. The van der Waals surface area contributed by atoms with Crippen molar-refractivity contribution in [1.29, 1.82) is 0 Å². The Bertz CT molecular complexity index is 269. The van der Waals surface area contributed by atoms with Crippen LogP contribution in [0.15, 0.2) is 0 Å². The molecular weight excluding hydrogens is 226 g/mol. The zero-order valence-electron chi connectivity index (χ0n) is 10.3. The molecule has 1 atom stereocenters. The molecule has 0 saturated carbocycles. The first-order valence-electron chi connectivity index (χ1n) is 5.62. The summed E-state index contributed by atoms with van der Waals surface area (Å²) in [5.74, 6) is -0.511. The molecule has 0 N–H and O–H groups in total. The zero-order valence-corrected chi connectivity index (χ0v) is 10.3. The molecule has 1 saturated heterocycles. The molecule has 0 aromatic rings. The van der Waals surface area contributed by atoms with Gasteiger partial charge in [0.1, 0.15) is 0 Å². The molecule has 0 aromatic heterocycles. The van der Waals surface area contributed by atoms with Gasteiger partial charge in [-0.2, -0.15) is 0 Å². The maximum absolute atomic E-state index is 11.2. The third-order valence-electron chi connectivity index (χ3n) is 2.82. The third-order valence-corrected chi connectivity index (χ3v) is 2.82. The van der Waals surface area contributed by atoms with Gasteiger partial charge in [0.2, 0.25) is 0 Å². The zero-order chi connectivity index (χ0) is 12.7. The highest BCUT2D eigenvalue weighted by Gasteiger charge is 2.25. The Morgan fingerprint density at radius 1 is 1.29 bits per heavy atom. The Hall–Kier alpha value is -1.14. The number of hydrogen-bond acceptors (Lipinski definition) is 6. The molecule has 6 nitrogen and oxygen atoms in total. The summed E-state index contributed by atoms with van der Waals surface area (Å²) in [6.45, 7) is 2.06. The van der Waals surface area contributed by atoms with Crippen molar-refractivity contribution in [2.45, 2.75) is 18.9 Å². The van der Waals surface area contributed by atoms with Crippen molar-refractivity contribution in [3.63, 3.8) is 0 Å². The molecule has 6 heteroatoms. The monoisotopic (exact) mass is 245 g/mol. The van der Waals surface area contributed by atoms with Crippen LogP contribution in [0.3, 0.4) is 0 Å². The van der Waals surface area contributed by atoms with Crippen molar-refractivity contribution in [1.82, 2.24) is 4.90 Å². The van der Waals surface area contributed by atoms with Crippen molar-refractivity contribution >= 4 is 11.9 Å². The highest BCUT2D eigenvalue weighted by molar-refractivity contribution is 5.71. The quantitative estimate of drug-likeness (QED) is 0.626. The summed E-state index contributed by atoms with van der Waals surface area (Å²) in [5, 5.41) is 0. The van der Waals surface area contributed by atoms with Crippen LogP contribution in [0, 0.1) is 0 Å². The molecule has 0 bridgehead atoms. The van der Waals surface area contributed by atoms with Gasteiger partial charge in [0.25, 0.3) is 0 Å². The van der Waals surface area contributed by atoms with Gasteiger partial charge < -0.3 is 14.2 Å². The second-order valence-corrected chi connectivity index (χ2v) is 3.89. The molecule has 1 unspecified atom stereocenters. The second kappa shape index (κ2) is 7.24. The van der Waals surface area contributed by atoms with E-state index < -0.39 is 0 Å². The number of esters is 2. The minimum absolute atomic E-state index is 0.0712. The summed E-state index contributed by atoms with van der Waals surface area (Å²) >= 11 is 0. The number of methoxy groups -OCH3 is 2. The maximum atomic E-state index is 11.2.